The van der Waals surface area contributed by atoms with Gasteiger partial charge in [0.05, 0.1) is 11.3 Å². The zero-order valence-electron chi connectivity index (χ0n) is 14.2. The lowest BCUT2D eigenvalue weighted by Crippen LogP contribution is -2.45. The van der Waals surface area contributed by atoms with E-state index >= 15 is 0 Å². The van der Waals surface area contributed by atoms with Gasteiger partial charge in [-0.3, -0.25) is 9.59 Å². The SMILES string of the molecule is CNC(=O)C1CN(C)CCN(C(=O)C2(c3ccccc3F)CC2)C1. The molecule has 1 aliphatic heterocycles. The molecule has 2 amide bonds. The van der Waals surface area contributed by atoms with E-state index in [1.54, 1.807) is 30.1 Å². The van der Waals surface area contributed by atoms with Gasteiger partial charge in [-0.1, -0.05) is 18.2 Å². The van der Waals surface area contributed by atoms with Crippen LogP contribution in [0.25, 0.3) is 0 Å². The Labute approximate surface area is 141 Å². The third kappa shape index (κ3) is 3.02. The number of carbonyl (C=O) groups is 2. The molecule has 2 aliphatic rings. The largest absolute Gasteiger partial charge is 0.359 e. The summed E-state index contributed by atoms with van der Waals surface area (Å²) < 4.78 is 14.2. The van der Waals surface area contributed by atoms with Gasteiger partial charge in [0.2, 0.25) is 11.8 Å². The first kappa shape index (κ1) is 16.9. The van der Waals surface area contributed by atoms with Crippen molar-refractivity contribution in [1.82, 2.24) is 15.1 Å². The number of benzene rings is 1. The summed E-state index contributed by atoms with van der Waals surface area (Å²) in [5.74, 6) is -0.685. The van der Waals surface area contributed by atoms with E-state index in [2.05, 4.69) is 10.2 Å². The second kappa shape index (κ2) is 6.51. The Morgan fingerprint density at radius 3 is 2.54 bits per heavy atom. The number of hydrogen-bond acceptors (Lipinski definition) is 3. The van der Waals surface area contributed by atoms with Crippen molar-refractivity contribution in [2.24, 2.45) is 5.92 Å². The van der Waals surface area contributed by atoms with Crippen molar-refractivity contribution in [3.63, 3.8) is 0 Å². The first-order valence-corrected chi connectivity index (χ1v) is 8.42. The first-order chi connectivity index (χ1) is 11.5. The van der Waals surface area contributed by atoms with Crippen LogP contribution in [0.1, 0.15) is 18.4 Å². The molecule has 1 N–H and O–H groups in total. The number of rotatable bonds is 3. The molecule has 24 heavy (non-hydrogen) atoms. The van der Waals surface area contributed by atoms with E-state index < -0.39 is 5.41 Å². The number of amides is 2. The summed E-state index contributed by atoms with van der Waals surface area (Å²) in [7, 11) is 3.56. The van der Waals surface area contributed by atoms with Gasteiger partial charge in [0.1, 0.15) is 5.82 Å². The fraction of sp³-hybridized carbons (Fsp3) is 0.556. The highest BCUT2D eigenvalue weighted by atomic mass is 19.1. The normalized spacial score (nSPS) is 23.5. The molecule has 2 fully saturated rings. The summed E-state index contributed by atoms with van der Waals surface area (Å²) in [5.41, 5.74) is -0.245. The zero-order valence-corrected chi connectivity index (χ0v) is 14.2. The van der Waals surface area contributed by atoms with Crippen molar-refractivity contribution in [3.05, 3.63) is 35.6 Å². The molecule has 1 heterocycles. The number of nitrogens with one attached hydrogen (secondary N) is 1. The van der Waals surface area contributed by atoms with Crippen LogP contribution in [0.2, 0.25) is 0 Å². The van der Waals surface area contributed by atoms with Crippen LogP contribution >= 0.6 is 0 Å². The van der Waals surface area contributed by atoms with E-state index in [-0.39, 0.29) is 23.5 Å². The Morgan fingerprint density at radius 2 is 1.92 bits per heavy atom. The van der Waals surface area contributed by atoms with Crippen LogP contribution in [0.5, 0.6) is 0 Å². The Morgan fingerprint density at radius 1 is 1.21 bits per heavy atom. The lowest BCUT2D eigenvalue weighted by Gasteiger charge is -2.28. The molecule has 1 unspecified atom stereocenters. The van der Waals surface area contributed by atoms with Crippen molar-refractivity contribution in [2.75, 3.05) is 40.3 Å². The summed E-state index contributed by atoms with van der Waals surface area (Å²) in [6.45, 7) is 2.29. The van der Waals surface area contributed by atoms with Gasteiger partial charge >= 0.3 is 0 Å². The average Bonchev–Trinajstić information content (AvgIpc) is 3.39. The van der Waals surface area contributed by atoms with Crippen LogP contribution in [0.4, 0.5) is 4.39 Å². The minimum Gasteiger partial charge on any atom is -0.359 e. The Bertz CT molecular complexity index is 645. The summed E-state index contributed by atoms with van der Waals surface area (Å²) in [5, 5.41) is 2.67. The molecule has 0 spiro atoms. The highest BCUT2D eigenvalue weighted by molar-refractivity contribution is 5.92. The molecule has 6 heteroatoms. The Balaban J connectivity index is 1.83. The van der Waals surface area contributed by atoms with Crippen LogP contribution in [-0.2, 0) is 15.0 Å². The van der Waals surface area contributed by atoms with Gasteiger partial charge in [-0.15, -0.1) is 0 Å². The Hall–Kier alpha value is -1.95. The van der Waals surface area contributed by atoms with Crippen molar-refractivity contribution in [3.8, 4) is 0 Å². The molecule has 1 aliphatic carbocycles. The van der Waals surface area contributed by atoms with Gasteiger partial charge in [-0.2, -0.15) is 0 Å². The van der Waals surface area contributed by atoms with Gasteiger partial charge in [-0.05, 0) is 26.0 Å². The molecule has 0 bridgehead atoms. The van der Waals surface area contributed by atoms with Crippen molar-refractivity contribution < 1.29 is 14.0 Å². The maximum Gasteiger partial charge on any atom is 0.233 e. The van der Waals surface area contributed by atoms with Crippen molar-refractivity contribution in [2.45, 2.75) is 18.3 Å². The summed E-state index contributed by atoms with van der Waals surface area (Å²) >= 11 is 0. The summed E-state index contributed by atoms with van der Waals surface area (Å²) in [6, 6.07) is 6.53. The molecule has 5 nitrogen and oxygen atoms in total. The minimum absolute atomic E-state index is 0.0446. The van der Waals surface area contributed by atoms with Crippen molar-refractivity contribution >= 4 is 11.8 Å². The molecule has 3 rings (SSSR count). The smallest absolute Gasteiger partial charge is 0.233 e. The zero-order chi connectivity index (χ0) is 17.3. The maximum atomic E-state index is 14.2. The quantitative estimate of drug-likeness (QED) is 0.898. The molecular formula is C18H24FN3O2. The average molecular weight is 333 g/mol. The van der Waals surface area contributed by atoms with Crippen LogP contribution in [0.3, 0.4) is 0 Å². The standard InChI is InChI=1S/C18H24FN3O2/c1-20-16(23)13-11-21(2)9-10-22(12-13)17(24)18(7-8-18)14-5-3-4-6-15(14)19/h3-6,13H,7-12H2,1-2H3,(H,20,23). The fourth-order valence-electron chi connectivity index (χ4n) is 3.60. The highest BCUT2D eigenvalue weighted by Gasteiger charge is 2.54. The van der Waals surface area contributed by atoms with Gasteiger partial charge in [0.25, 0.3) is 0 Å². The molecule has 130 valence electrons. The predicted octanol–water partition coefficient (Wildman–Crippen LogP) is 0.994. The second-order valence-electron chi connectivity index (χ2n) is 6.89. The highest BCUT2D eigenvalue weighted by Crippen LogP contribution is 2.50. The molecule has 1 aromatic rings. The van der Waals surface area contributed by atoms with E-state index in [0.717, 1.165) is 0 Å². The van der Waals surface area contributed by atoms with E-state index in [1.165, 1.54) is 6.07 Å². The number of halogens is 1. The third-order valence-electron chi connectivity index (χ3n) is 5.18. The van der Waals surface area contributed by atoms with Gasteiger partial charge in [-0.25, -0.2) is 4.39 Å². The van der Waals surface area contributed by atoms with Crippen LogP contribution in [0.15, 0.2) is 24.3 Å². The number of nitrogens with zero attached hydrogens (tertiary/aromatic N) is 2. The summed E-state index contributed by atoms with van der Waals surface area (Å²) in [6.07, 6.45) is 1.34. The van der Waals surface area contributed by atoms with E-state index in [9.17, 15) is 14.0 Å². The maximum absolute atomic E-state index is 14.2. The second-order valence-corrected chi connectivity index (χ2v) is 6.89. The van der Waals surface area contributed by atoms with E-state index in [0.29, 0.717) is 44.6 Å². The summed E-state index contributed by atoms with van der Waals surface area (Å²) in [4.78, 5) is 29.1. The predicted molar refractivity (Wildman–Crippen MR) is 88.9 cm³/mol. The van der Waals surface area contributed by atoms with Crippen molar-refractivity contribution in [1.29, 1.82) is 0 Å². The minimum atomic E-state index is -0.735. The topological polar surface area (TPSA) is 52.7 Å². The van der Waals surface area contributed by atoms with Gasteiger partial charge in [0.15, 0.2) is 0 Å². The fourth-order valence-corrected chi connectivity index (χ4v) is 3.60. The number of hydrogen-bond donors (Lipinski definition) is 1. The molecule has 0 aromatic heterocycles. The lowest BCUT2D eigenvalue weighted by atomic mass is 9.93. The third-order valence-corrected chi connectivity index (χ3v) is 5.18. The monoisotopic (exact) mass is 333 g/mol. The van der Waals surface area contributed by atoms with Crippen LogP contribution < -0.4 is 5.32 Å². The van der Waals surface area contributed by atoms with Crippen LogP contribution in [0, 0.1) is 11.7 Å². The number of carbonyl (C=O) groups excluding carboxylic acids is 2. The number of likely N-dealkylation sites (N-methyl/N-ethyl adjacent to an activating group) is 1. The molecule has 0 radical (unpaired) electrons. The Kier molecular flexibility index (Phi) is 4.58. The van der Waals surface area contributed by atoms with Crippen LogP contribution in [-0.4, -0.2) is 61.9 Å². The lowest BCUT2D eigenvalue weighted by molar-refractivity contribution is -0.135. The molecule has 1 saturated heterocycles. The first-order valence-electron chi connectivity index (χ1n) is 8.42. The molecular weight excluding hydrogens is 309 g/mol. The molecule has 1 atom stereocenters. The molecule has 1 saturated carbocycles. The molecule has 1 aromatic carbocycles. The van der Waals surface area contributed by atoms with Gasteiger partial charge in [0, 0.05) is 38.8 Å². The van der Waals surface area contributed by atoms with E-state index in [1.807, 2.05) is 7.05 Å². The van der Waals surface area contributed by atoms with Gasteiger partial charge < -0.3 is 15.1 Å². The van der Waals surface area contributed by atoms with E-state index in [4.69, 9.17) is 0 Å².